The Hall–Kier alpha value is -3.19. The molecule has 3 rings (SSSR count). The van der Waals surface area contributed by atoms with Gasteiger partial charge in [0, 0.05) is 30.0 Å². The monoisotopic (exact) mass is 423 g/mol. The van der Waals surface area contributed by atoms with Crippen LogP contribution in [0.15, 0.2) is 48.5 Å². The Morgan fingerprint density at radius 2 is 1.90 bits per heavy atom. The Labute approximate surface area is 182 Å². The number of aryl methyl sites for hydroxylation is 2. The number of nitrogens with one attached hydrogen (secondary N) is 3. The minimum atomic E-state index is -0.219. The van der Waals surface area contributed by atoms with Gasteiger partial charge in [0.25, 0.3) is 0 Å². The van der Waals surface area contributed by atoms with Gasteiger partial charge in [-0.3, -0.25) is 0 Å². The highest BCUT2D eigenvalue weighted by Gasteiger charge is 2.07. The molecule has 1 heterocycles. The van der Waals surface area contributed by atoms with Crippen molar-refractivity contribution in [2.75, 3.05) is 25.5 Å². The second-order valence-electron chi connectivity index (χ2n) is 7.83. The van der Waals surface area contributed by atoms with E-state index in [0.717, 1.165) is 60.0 Å². The van der Waals surface area contributed by atoms with Crippen LogP contribution in [0.2, 0.25) is 0 Å². The van der Waals surface area contributed by atoms with E-state index < -0.39 is 0 Å². The van der Waals surface area contributed by atoms with Crippen LogP contribution < -0.4 is 10.6 Å². The average Bonchev–Trinajstić information content (AvgIpc) is 3.08. The van der Waals surface area contributed by atoms with Crippen molar-refractivity contribution < 1.29 is 9.18 Å². The molecule has 0 bridgehead atoms. The second-order valence-corrected chi connectivity index (χ2v) is 7.83. The highest BCUT2D eigenvalue weighted by molar-refractivity contribution is 5.89. The lowest BCUT2D eigenvalue weighted by Crippen LogP contribution is -2.30. The van der Waals surface area contributed by atoms with E-state index in [4.69, 9.17) is 0 Å². The van der Waals surface area contributed by atoms with Crippen molar-refractivity contribution in [1.29, 1.82) is 0 Å². The number of halogens is 1. The number of hydrogen-bond acceptors (Lipinski definition) is 3. The highest BCUT2D eigenvalue weighted by atomic mass is 19.1. The predicted molar refractivity (Wildman–Crippen MR) is 122 cm³/mol. The Bertz CT molecular complexity index is 980. The van der Waals surface area contributed by atoms with Gasteiger partial charge >= 0.3 is 6.03 Å². The van der Waals surface area contributed by atoms with E-state index >= 15 is 0 Å². The second kappa shape index (κ2) is 10.7. The zero-order valence-electron chi connectivity index (χ0n) is 18.3. The van der Waals surface area contributed by atoms with Gasteiger partial charge in [-0.25, -0.2) is 14.2 Å². The third-order valence-electron chi connectivity index (χ3n) is 5.14. The summed E-state index contributed by atoms with van der Waals surface area (Å²) in [5, 5.41) is 5.78. The average molecular weight is 424 g/mol. The maximum absolute atomic E-state index is 13.0. The largest absolute Gasteiger partial charge is 0.342 e. The number of amides is 2. The zero-order chi connectivity index (χ0) is 22.2. The molecule has 2 aromatic carbocycles. The first kappa shape index (κ1) is 22.5. The molecule has 0 fully saturated rings. The van der Waals surface area contributed by atoms with Crippen LogP contribution >= 0.6 is 0 Å². The summed E-state index contributed by atoms with van der Waals surface area (Å²) in [4.78, 5) is 22.2. The van der Waals surface area contributed by atoms with Crippen LogP contribution in [0.25, 0.3) is 11.4 Å². The fraction of sp³-hybridized carbons (Fsp3) is 0.333. The number of benzene rings is 2. The minimum Gasteiger partial charge on any atom is -0.342 e. The number of aromatic nitrogens is 2. The summed E-state index contributed by atoms with van der Waals surface area (Å²) in [5.74, 6) is 0.581. The van der Waals surface area contributed by atoms with Crippen LogP contribution in [-0.4, -0.2) is 41.0 Å². The van der Waals surface area contributed by atoms with Gasteiger partial charge < -0.3 is 20.5 Å². The third-order valence-corrected chi connectivity index (χ3v) is 5.14. The fourth-order valence-corrected chi connectivity index (χ4v) is 3.29. The SMILES string of the molecule is Cc1nc(-c2cccc(NC(=O)NCCCCN(C)Cc3ccc(F)cc3)c2)[nH]c1C. The number of hydrogen-bond donors (Lipinski definition) is 3. The lowest BCUT2D eigenvalue weighted by molar-refractivity contribution is 0.251. The van der Waals surface area contributed by atoms with E-state index in [2.05, 4.69) is 25.5 Å². The number of carbonyl (C=O) groups excluding carboxylic acids is 1. The molecule has 3 N–H and O–H groups in total. The van der Waals surface area contributed by atoms with Crippen LogP contribution in [0.5, 0.6) is 0 Å². The van der Waals surface area contributed by atoms with Crippen molar-refractivity contribution in [1.82, 2.24) is 20.2 Å². The van der Waals surface area contributed by atoms with Crippen LogP contribution in [0.3, 0.4) is 0 Å². The molecule has 0 aliphatic heterocycles. The Kier molecular flexibility index (Phi) is 7.78. The summed E-state index contributed by atoms with van der Waals surface area (Å²) in [6.07, 6.45) is 1.84. The van der Waals surface area contributed by atoms with E-state index in [9.17, 15) is 9.18 Å². The van der Waals surface area contributed by atoms with Gasteiger partial charge in [0.1, 0.15) is 11.6 Å². The van der Waals surface area contributed by atoms with Gasteiger partial charge in [-0.2, -0.15) is 0 Å². The zero-order valence-corrected chi connectivity index (χ0v) is 18.3. The number of unbranched alkanes of at least 4 members (excludes halogenated alkanes) is 1. The van der Waals surface area contributed by atoms with Crippen molar-refractivity contribution in [2.45, 2.75) is 33.2 Å². The fourth-order valence-electron chi connectivity index (χ4n) is 3.29. The van der Waals surface area contributed by atoms with Crippen molar-refractivity contribution in [2.24, 2.45) is 0 Å². The molecule has 0 aliphatic carbocycles. The summed E-state index contributed by atoms with van der Waals surface area (Å²) in [5.41, 5.74) is 4.74. The predicted octanol–water partition coefficient (Wildman–Crippen LogP) is 4.87. The lowest BCUT2D eigenvalue weighted by Gasteiger charge is -2.16. The molecule has 0 saturated carbocycles. The molecule has 6 nitrogen and oxygen atoms in total. The molecule has 3 aromatic rings. The molecule has 0 radical (unpaired) electrons. The van der Waals surface area contributed by atoms with Gasteiger partial charge in [0.05, 0.1) is 5.69 Å². The molecular weight excluding hydrogens is 393 g/mol. The van der Waals surface area contributed by atoms with E-state index in [1.807, 2.05) is 45.2 Å². The van der Waals surface area contributed by atoms with Gasteiger partial charge in [0.15, 0.2) is 0 Å². The summed E-state index contributed by atoms with van der Waals surface area (Å²) in [6.45, 7) is 6.24. The van der Waals surface area contributed by atoms with E-state index in [1.165, 1.54) is 12.1 Å². The number of urea groups is 1. The maximum atomic E-state index is 13.0. The highest BCUT2D eigenvalue weighted by Crippen LogP contribution is 2.21. The lowest BCUT2D eigenvalue weighted by atomic mass is 10.2. The summed E-state index contributed by atoms with van der Waals surface area (Å²) in [7, 11) is 2.04. The van der Waals surface area contributed by atoms with Crippen LogP contribution in [0, 0.1) is 19.7 Å². The molecule has 31 heavy (non-hydrogen) atoms. The molecule has 0 unspecified atom stereocenters. The van der Waals surface area contributed by atoms with Gasteiger partial charge in [-0.1, -0.05) is 24.3 Å². The van der Waals surface area contributed by atoms with Crippen LogP contribution in [-0.2, 0) is 6.54 Å². The van der Waals surface area contributed by atoms with Crippen molar-refractivity contribution >= 4 is 11.7 Å². The smallest absolute Gasteiger partial charge is 0.319 e. The minimum absolute atomic E-state index is 0.214. The first-order valence-corrected chi connectivity index (χ1v) is 10.5. The van der Waals surface area contributed by atoms with Gasteiger partial charge in [-0.05, 0) is 70.1 Å². The number of rotatable bonds is 9. The number of anilines is 1. The van der Waals surface area contributed by atoms with Crippen LogP contribution in [0.4, 0.5) is 14.9 Å². The number of H-pyrrole nitrogens is 1. The normalized spacial score (nSPS) is 11.0. The molecule has 0 spiro atoms. The first-order chi connectivity index (χ1) is 14.9. The van der Waals surface area contributed by atoms with Crippen molar-refractivity contribution in [3.63, 3.8) is 0 Å². The number of nitrogens with zero attached hydrogens (tertiary/aromatic N) is 2. The van der Waals surface area contributed by atoms with E-state index in [0.29, 0.717) is 6.54 Å². The molecule has 0 atom stereocenters. The van der Waals surface area contributed by atoms with Gasteiger partial charge in [-0.15, -0.1) is 0 Å². The Morgan fingerprint density at radius 3 is 2.61 bits per heavy atom. The van der Waals surface area contributed by atoms with Gasteiger partial charge in [0.2, 0.25) is 0 Å². The standard InChI is InChI=1S/C24H30FN5O/c1-17-18(2)28-23(27-17)20-7-6-8-22(15-20)29-24(31)26-13-4-5-14-30(3)16-19-9-11-21(25)12-10-19/h6-12,15H,4-5,13-14,16H2,1-3H3,(H,27,28)(H2,26,29,31). The summed E-state index contributed by atoms with van der Waals surface area (Å²) < 4.78 is 13.0. The maximum Gasteiger partial charge on any atom is 0.319 e. The Morgan fingerprint density at radius 1 is 1.13 bits per heavy atom. The molecular formula is C24H30FN5O. The van der Waals surface area contributed by atoms with Crippen LogP contribution in [0.1, 0.15) is 29.8 Å². The molecule has 164 valence electrons. The van der Waals surface area contributed by atoms with Crippen molar-refractivity contribution in [3.05, 3.63) is 71.3 Å². The number of aromatic amines is 1. The number of carbonyl (C=O) groups is 1. The number of imidazole rings is 1. The topological polar surface area (TPSA) is 73.1 Å². The van der Waals surface area contributed by atoms with E-state index in [-0.39, 0.29) is 11.8 Å². The Balaban J connectivity index is 1.36. The molecule has 1 aromatic heterocycles. The summed E-state index contributed by atoms with van der Waals surface area (Å²) >= 11 is 0. The molecule has 0 aliphatic rings. The molecule has 0 saturated heterocycles. The van der Waals surface area contributed by atoms with Crippen molar-refractivity contribution in [3.8, 4) is 11.4 Å². The van der Waals surface area contributed by atoms with E-state index in [1.54, 1.807) is 12.1 Å². The molecule has 7 heteroatoms. The summed E-state index contributed by atoms with van der Waals surface area (Å²) in [6, 6.07) is 14.0. The first-order valence-electron chi connectivity index (χ1n) is 10.5. The molecule has 2 amide bonds. The quantitative estimate of drug-likeness (QED) is 0.430. The third kappa shape index (κ3) is 6.93.